The van der Waals surface area contributed by atoms with E-state index in [1.54, 1.807) is 18.2 Å². The Labute approximate surface area is 159 Å². The van der Waals surface area contributed by atoms with Crippen molar-refractivity contribution < 1.29 is 4.79 Å². The third-order valence-corrected chi connectivity index (χ3v) is 5.13. The molecule has 4 nitrogen and oxygen atoms in total. The second-order valence-electron chi connectivity index (χ2n) is 5.35. The first kappa shape index (κ1) is 17.7. The van der Waals surface area contributed by atoms with E-state index in [2.05, 4.69) is 15.6 Å². The molecule has 7 heteroatoms. The van der Waals surface area contributed by atoms with Crippen molar-refractivity contribution in [1.82, 2.24) is 4.98 Å². The Balaban J connectivity index is 1.70. The Morgan fingerprint density at radius 1 is 1.16 bits per heavy atom. The van der Waals surface area contributed by atoms with Gasteiger partial charge < -0.3 is 10.6 Å². The van der Waals surface area contributed by atoms with Crippen LogP contribution in [0.15, 0.2) is 48.5 Å². The molecular weight excluding hydrogens is 377 g/mol. The average molecular weight is 392 g/mol. The minimum absolute atomic E-state index is 0.244. The molecular formula is C18H15Cl2N3OS. The van der Waals surface area contributed by atoms with Crippen molar-refractivity contribution in [3.8, 4) is 0 Å². The highest BCUT2D eigenvalue weighted by molar-refractivity contribution is 7.17. The van der Waals surface area contributed by atoms with Gasteiger partial charge >= 0.3 is 0 Å². The van der Waals surface area contributed by atoms with Gasteiger partial charge in [0.2, 0.25) is 0 Å². The van der Waals surface area contributed by atoms with E-state index in [-0.39, 0.29) is 5.91 Å². The molecule has 0 radical (unpaired) electrons. The molecule has 2 aromatic carbocycles. The van der Waals surface area contributed by atoms with Crippen molar-refractivity contribution in [2.45, 2.75) is 13.5 Å². The molecule has 0 unspecified atom stereocenters. The number of aromatic nitrogens is 1. The number of aryl methyl sites for hydroxylation is 1. The van der Waals surface area contributed by atoms with Crippen LogP contribution in [0.25, 0.3) is 0 Å². The number of hydrogen-bond acceptors (Lipinski definition) is 4. The van der Waals surface area contributed by atoms with Gasteiger partial charge in [0.25, 0.3) is 5.91 Å². The number of nitrogens with zero attached hydrogens (tertiary/aromatic N) is 1. The summed E-state index contributed by atoms with van der Waals surface area (Å²) in [6.45, 7) is 2.46. The highest BCUT2D eigenvalue weighted by Gasteiger charge is 2.16. The highest BCUT2D eigenvalue weighted by atomic mass is 35.5. The number of anilines is 2. The van der Waals surface area contributed by atoms with Gasteiger partial charge in [0.15, 0.2) is 5.13 Å². The van der Waals surface area contributed by atoms with Crippen LogP contribution in [0.1, 0.15) is 20.9 Å². The number of hydrogen-bond donors (Lipinski definition) is 2. The van der Waals surface area contributed by atoms with Gasteiger partial charge in [0.05, 0.1) is 16.4 Å². The second-order valence-corrected chi connectivity index (χ2v) is 7.19. The van der Waals surface area contributed by atoms with Crippen molar-refractivity contribution in [1.29, 1.82) is 0 Å². The standard InChI is InChI=1S/C18H15Cl2N3OS/c1-11-16(17(24)23-15-8-7-13(19)9-14(15)20)25-18(22-11)21-10-12-5-3-2-4-6-12/h2-9H,10H2,1H3,(H,21,22)(H,23,24). The predicted molar refractivity (Wildman–Crippen MR) is 105 cm³/mol. The third-order valence-electron chi connectivity index (χ3n) is 3.47. The molecule has 0 atom stereocenters. The lowest BCUT2D eigenvalue weighted by molar-refractivity contribution is 0.103. The van der Waals surface area contributed by atoms with Crippen LogP contribution in [0.4, 0.5) is 10.8 Å². The predicted octanol–water partition coefficient (Wildman–Crippen LogP) is 5.62. The van der Waals surface area contributed by atoms with Crippen LogP contribution in [0.3, 0.4) is 0 Å². The molecule has 0 fully saturated rings. The first-order chi connectivity index (χ1) is 12.0. The molecule has 1 aromatic heterocycles. The summed E-state index contributed by atoms with van der Waals surface area (Å²) in [6, 6.07) is 14.9. The summed E-state index contributed by atoms with van der Waals surface area (Å²) in [5.41, 5.74) is 2.33. The molecule has 128 valence electrons. The van der Waals surface area contributed by atoms with E-state index in [1.807, 2.05) is 37.3 Å². The van der Waals surface area contributed by atoms with Gasteiger partial charge in [0, 0.05) is 11.6 Å². The van der Waals surface area contributed by atoms with E-state index in [1.165, 1.54) is 11.3 Å². The molecule has 0 bridgehead atoms. The maximum absolute atomic E-state index is 12.5. The van der Waals surface area contributed by atoms with Gasteiger partial charge in [-0.15, -0.1) is 0 Å². The molecule has 1 amide bonds. The zero-order valence-corrected chi connectivity index (χ0v) is 15.7. The molecule has 3 aromatic rings. The maximum Gasteiger partial charge on any atom is 0.267 e. The van der Waals surface area contributed by atoms with E-state index in [0.29, 0.717) is 38.0 Å². The fourth-order valence-electron chi connectivity index (χ4n) is 2.23. The van der Waals surface area contributed by atoms with Gasteiger partial charge in [-0.1, -0.05) is 64.9 Å². The topological polar surface area (TPSA) is 54.0 Å². The second kappa shape index (κ2) is 7.87. The summed E-state index contributed by atoms with van der Waals surface area (Å²) >= 11 is 13.3. The summed E-state index contributed by atoms with van der Waals surface area (Å²) in [5, 5.41) is 7.65. The van der Waals surface area contributed by atoms with Crippen LogP contribution in [0.2, 0.25) is 10.0 Å². The Bertz CT molecular complexity index is 897. The smallest absolute Gasteiger partial charge is 0.267 e. The molecule has 2 N–H and O–H groups in total. The zero-order valence-electron chi connectivity index (χ0n) is 13.3. The number of nitrogens with one attached hydrogen (secondary N) is 2. The zero-order chi connectivity index (χ0) is 17.8. The fourth-order valence-corrected chi connectivity index (χ4v) is 3.54. The first-order valence-electron chi connectivity index (χ1n) is 7.54. The molecule has 0 saturated heterocycles. The van der Waals surface area contributed by atoms with Crippen molar-refractivity contribution in [3.63, 3.8) is 0 Å². The Morgan fingerprint density at radius 2 is 1.92 bits per heavy atom. The Hall–Kier alpha value is -2.08. The van der Waals surface area contributed by atoms with Gasteiger partial charge in [-0.25, -0.2) is 4.98 Å². The minimum atomic E-state index is -0.244. The Morgan fingerprint density at radius 3 is 2.64 bits per heavy atom. The van der Waals surface area contributed by atoms with Crippen molar-refractivity contribution in [3.05, 3.63) is 74.7 Å². The number of halogens is 2. The van der Waals surface area contributed by atoms with Crippen LogP contribution < -0.4 is 10.6 Å². The Kier molecular flexibility index (Phi) is 5.58. The summed E-state index contributed by atoms with van der Waals surface area (Å²) in [4.78, 5) is 17.5. The van der Waals surface area contributed by atoms with Crippen LogP contribution >= 0.6 is 34.5 Å². The number of carbonyl (C=O) groups excluding carboxylic acids is 1. The van der Waals surface area contributed by atoms with Crippen LogP contribution in [-0.4, -0.2) is 10.9 Å². The number of benzene rings is 2. The maximum atomic E-state index is 12.5. The summed E-state index contributed by atoms with van der Waals surface area (Å²) in [6.07, 6.45) is 0. The number of thiazole rings is 1. The van der Waals surface area contributed by atoms with Crippen LogP contribution in [-0.2, 0) is 6.54 Å². The molecule has 3 rings (SSSR count). The number of amides is 1. The highest BCUT2D eigenvalue weighted by Crippen LogP contribution is 2.28. The summed E-state index contributed by atoms with van der Waals surface area (Å²) in [7, 11) is 0. The number of carbonyl (C=O) groups is 1. The van der Waals surface area contributed by atoms with Crippen molar-refractivity contribution in [2.75, 3.05) is 10.6 Å². The van der Waals surface area contributed by atoms with Gasteiger partial charge in [-0.05, 0) is 30.7 Å². The molecule has 1 heterocycles. The monoisotopic (exact) mass is 391 g/mol. The fraction of sp³-hybridized carbons (Fsp3) is 0.111. The van der Waals surface area contributed by atoms with E-state index < -0.39 is 0 Å². The normalized spacial score (nSPS) is 10.5. The minimum Gasteiger partial charge on any atom is -0.357 e. The molecule has 25 heavy (non-hydrogen) atoms. The van der Waals surface area contributed by atoms with E-state index in [9.17, 15) is 4.79 Å². The largest absolute Gasteiger partial charge is 0.357 e. The van der Waals surface area contributed by atoms with Gasteiger partial charge in [-0.2, -0.15) is 0 Å². The third kappa shape index (κ3) is 4.51. The van der Waals surface area contributed by atoms with Crippen molar-refractivity contribution in [2.24, 2.45) is 0 Å². The summed E-state index contributed by atoms with van der Waals surface area (Å²) < 4.78 is 0. The number of rotatable bonds is 5. The van der Waals surface area contributed by atoms with Gasteiger partial charge in [-0.3, -0.25) is 4.79 Å². The van der Waals surface area contributed by atoms with Crippen LogP contribution in [0.5, 0.6) is 0 Å². The van der Waals surface area contributed by atoms with E-state index >= 15 is 0 Å². The lowest BCUT2D eigenvalue weighted by Gasteiger charge is -2.06. The van der Waals surface area contributed by atoms with E-state index in [4.69, 9.17) is 23.2 Å². The molecule has 0 saturated carbocycles. The summed E-state index contributed by atoms with van der Waals surface area (Å²) in [5.74, 6) is -0.244. The quantitative estimate of drug-likeness (QED) is 0.592. The van der Waals surface area contributed by atoms with Crippen molar-refractivity contribution >= 4 is 51.3 Å². The first-order valence-corrected chi connectivity index (χ1v) is 9.12. The lowest BCUT2D eigenvalue weighted by Crippen LogP contribution is -2.11. The molecule has 0 aliphatic heterocycles. The van der Waals surface area contributed by atoms with E-state index in [0.717, 1.165) is 5.56 Å². The molecule has 0 aliphatic rings. The molecule has 0 spiro atoms. The molecule has 0 aliphatic carbocycles. The average Bonchev–Trinajstić information content (AvgIpc) is 2.97. The van der Waals surface area contributed by atoms with Crippen LogP contribution in [0, 0.1) is 6.92 Å². The van der Waals surface area contributed by atoms with Gasteiger partial charge in [0.1, 0.15) is 4.88 Å². The SMILES string of the molecule is Cc1nc(NCc2ccccc2)sc1C(=O)Nc1ccc(Cl)cc1Cl. The lowest BCUT2D eigenvalue weighted by atomic mass is 10.2.